The van der Waals surface area contributed by atoms with Gasteiger partial charge in [0.05, 0.1) is 29.8 Å². The minimum absolute atomic E-state index is 0.673. The molecule has 0 spiro atoms. The number of aromatic nitrogens is 3. The molecule has 2 aromatic heterocycles. The lowest BCUT2D eigenvalue weighted by Crippen LogP contribution is -2.19. The molecule has 92 valence electrons. The van der Waals surface area contributed by atoms with Gasteiger partial charge in [0.25, 0.3) is 0 Å². The Balaban J connectivity index is 1.83. The molecule has 1 N–H and O–H groups in total. The first kappa shape index (κ1) is 12.3. The lowest BCUT2D eigenvalue weighted by molar-refractivity contribution is 0.548. The molecule has 5 heteroatoms. The first-order valence-electron chi connectivity index (χ1n) is 5.82. The lowest BCUT2D eigenvalue weighted by atomic mass is 10.2. The van der Waals surface area contributed by atoms with Crippen molar-refractivity contribution >= 4 is 11.3 Å². The van der Waals surface area contributed by atoms with Crippen LogP contribution in [-0.4, -0.2) is 21.1 Å². The van der Waals surface area contributed by atoms with Gasteiger partial charge in [0.15, 0.2) is 0 Å². The van der Waals surface area contributed by atoms with E-state index in [1.54, 1.807) is 11.3 Å². The van der Waals surface area contributed by atoms with Gasteiger partial charge in [0, 0.05) is 18.1 Å². The number of thiazole rings is 1. The Kier molecular flexibility index (Phi) is 4.28. The summed E-state index contributed by atoms with van der Waals surface area (Å²) < 4.78 is 2.07. The monoisotopic (exact) mass is 250 g/mol. The molecule has 0 unspecified atom stereocenters. The Morgan fingerprint density at radius 3 is 2.94 bits per heavy atom. The molecule has 2 rings (SSSR count). The lowest BCUT2D eigenvalue weighted by Gasteiger charge is -2.04. The van der Waals surface area contributed by atoms with Gasteiger partial charge in [0.2, 0.25) is 0 Å². The van der Waals surface area contributed by atoms with E-state index in [0.717, 1.165) is 31.0 Å². The summed E-state index contributed by atoms with van der Waals surface area (Å²) in [6.07, 6.45) is 3.94. The molecule has 2 aromatic rings. The van der Waals surface area contributed by atoms with Crippen molar-refractivity contribution in [3.63, 3.8) is 0 Å². The number of hydrogen-bond donors (Lipinski definition) is 1. The molecule has 0 bridgehead atoms. The summed E-state index contributed by atoms with van der Waals surface area (Å²) in [7, 11) is 0. The molecule has 0 aromatic carbocycles. The van der Waals surface area contributed by atoms with Crippen molar-refractivity contribution in [1.29, 1.82) is 0 Å². The molecule has 0 fully saturated rings. The van der Waals surface area contributed by atoms with Crippen LogP contribution < -0.4 is 5.32 Å². The van der Waals surface area contributed by atoms with E-state index in [1.165, 1.54) is 0 Å². The Hall–Kier alpha value is -1.20. The van der Waals surface area contributed by atoms with E-state index in [0.29, 0.717) is 5.92 Å². The third kappa shape index (κ3) is 3.94. The van der Waals surface area contributed by atoms with Gasteiger partial charge >= 0.3 is 0 Å². The van der Waals surface area contributed by atoms with Gasteiger partial charge in [-0.25, -0.2) is 9.97 Å². The fourth-order valence-corrected chi connectivity index (χ4v) is 2.13. The maximum atomic E-state index is 4.37. The summed E-state index contributed by atoms with van der Waals surface area (Å²) in [4.78, 5) is 8.63. The van der Waals surface area contributed by atoms with Crippen LogP contribution in [0.15, 0.2) is 23.4 Å². The van der Waals surface area contributed by atoms with Gasteiger partial charge in [0.1, 0.15) is 0 Å². The Morgan fingerprint density at radius 2 is 2.24 bits per heavy atom. The zero-order valence-corrected chi connectivity index (χ0v) is 11.1. The molecule has 2 heterocycles. The molecule has 0 aliphatic carbocycles. The zero-order chi connectivity index (χ0) is 12.1. The molecule has 0 radical (unpaired) electrons. The summed E-state index contributed by atoms with van der Waals surface area (Å²) in [5.74, 6) is 0.673. The Bertz CT molecular complexity index is 433. The van der Waals surface area contributed by atoms with Crippen molar-refractivity contribution in [3.8, 4) is 0 Å². The smallest absolute Gasteiger partial charge is 0.0953 e. The second-order valence-corrected chi connectivity index (χ2v) is 5.26. The van der Waals surface area contributed by atoms with Gasteiger partial charge in [-0.2, -0.15) is 0 Å². The number of imidazole rings is 1. The molecule has 0 saturated carbocycles. The molecule has 0 aliphatic rings. The fraction of sp³-hybridized carbons (Fsp3) is 0.500. The summed E-state index contributed by atoms with van der Waals surface area (Å²) in [5, 5.41) is 5.45. The maximum Gasteiger partial charge on any atom is 0.0953 e. The second kappa shape index (κ2) is 5.93. The van der Waals surface area contributed by atoms with Crippen LogP contribution >= 0.6 is 11.3 Å². The third-order valence-electron chi connectivity index (χ3n) is 2.37. The van der Waals surface area contributed by atoms with Crippen molar-refractivity contribution < 1.29 is 0 Å². The maximum absolute atomic E-state index is 4.37. The highest BCUT2D eigenvalue weighted by molar-refractivity contribution is 7.07. The van der Waals surface area contributed by atoms with Crippen LogP contribution in [0.2, 0.25) is 0 Å². The highest BCUT2D eigenvalue weighted by Gasteiger charge is 2.01. The first-order chi connectivity index (χ1) is 8.24. The predicted octanol–water partition coefficient (Wildman–Crippen LogP) is 2.13. The molecule has 0 saturated heterocycles. The van der Waals surface area contributed by atoms with Crippen LogP contribution in [0.25, 0.3) is 0 Å². The second-order valence-electron chi connectivity index (χ2n) is 4.54. The van der Waals surface area contributed by atoms with Crippen molar-refractivity contribution in [2.45, 2.75) is 26.9 Å². The minimum atomic E-state index is 0.673. The molecular formula is C12H18N4S. The third-order valence-corrected chi connectivity index (χ3v) is 3.01. The summed E-state index contributed by atoms with van der Waals surface area (Å²) >= 11 is 1.63. The summed E-state index contributed by atoms with van der Waals surface area (Å²) in [6, 6.07) is 0. The quantitative estimate of drug-likeness (QED) is 0.854. The summed E-state index contributed by atoms with van der Waals surface area (Å²) in [5.41, 5.74) is 4.03. The number of rotatable bonds is 6. The number of nitrogens with one attached hydrogen (secondary N) is 1. The van der Waals surface area contributed by atoms with Crippen LogP contribution in [0.5, 0.6) is 0 Å². The largest absolute Gasteiger partial charge is 0.331 e. The minimum Gasteiger partial charge on any atom is -0.331 e. The molecule has 17 heavy (non-hydrogen) atoms. The van der Waals surface area contributed by atoms with Gasteiger partial charge in [-0.3, -0.25) is 0 Å². The fourth-order valence-electron chi connectivity index (χ4n) is 1.58. The van der Waals surface area contributed by atoms with Gasteiger partial charge < -0.3 is 9.88 Å². The van der Waals surface area contributed by atoms with Gasteiger partial charge in [-0.1, -0.05) is 13.8 Å². The van der Waals surface area contributed by atoms with E-state index in [4.69, 9.17) is 0 Å². The SMILES string of the molecule is CC(C)CNCc1cn(Cc2cscn2)cn1. The average molecular weight is 250 g/mol. The van der Waals surface area contributed by atoms with Crippen LogP contribution in [0.1, 0.15) is 25.2 Å². The normalized spacial score (nSPS) is 11.2. The van der Waals surface area contributed by atoms with E-state index in [1.807, 2.05) is 11.8 Å². The van der Waals surface area contributed by atoms with Crippen molar-refractivity contribution in [2.75, 3.05) is 6.54 Å². The number of nitrogens with zero attached hydrogens (tertiary/aromatic N) is 3. The Labute approximate surface area is 106 Å². The van der Waals surface area contributed by atoms with E-state index in [-0.39, 0.29) is 0 Å². The molecule has 4 nitrogen and oxygen atoms in total. The van der Waals surface area contributed by atoms with Crippen LogP contribution in [0, 0.1) is 5.92 Å². The van der Waals surface area contributed by atoms with Crippen molar-refractivity contribution in [2.24, 2.45) is 5.92 Å². The number of hydrogen-bond acceptors (Lipinski definition) is 4. The van der Waals surface area contributed by atoms with Gasteiger partial charge in [-0.15, -0.1) is 11.3 Å². The summed E-state index contributed by atoms with van der Waals surface area (Å²) in [6.45, 7) is 7.07. The topological polar surface area (TPSA) is 42.7 Å². The van der Waals surface area contributed by atoms with E-state index in [2.05, 4.69) is 45.3 Å². The highest BCUT2D eigenvalue weighted by Crippen LogP contribution is 2.05. The Morgan fingerprint density at radius 1 is 1.35 bits per heavy atom. The van der Waals surface area contributed by atoms with E-state index >= 15 is 0 Å². The standard InChI is InChI=1S/C12H18N4S/c1-10(2)3-13-4-11-5-16(8-14-11)6-12-7-17-9-15-12/h5,7-10,13H,3-4,6H2,1-2H3. The molecule has 0 aliphatic heterocycles. The van der Waals surface area contributed by atoms with Crippen molar-refractivity contribution in [3.05, 3.63) is 34.8 Å². The first-order valence-corrected chi connectivity index (χ1v) is 6.76. The van der Waals surface area contributed by atoms with Gasteiger partial charge in [-0.05, 0) is 12.5 Å². The zero-order valence-electron chi connectivity index (χ0n) is 10.3. The van der Waals surface area contributed by atoms with E-state index < -0.39 is 0 Å². The molecular weight excluding hydrogens is 232 g/mol. The van der Waals surface area contributed by atoms with Crippen LogP contribution in [0.4, 0.5) is 0 Å². The highest BCUT2D eigenvalue weighted by atomic mass is 32.1. The average Bonchev–Trinajstić information content (AvgIpc) is 2.90. The van der Waals surface area contributed by atoms with Crippen LogP contribution in [0.3, 0.4) is 0 Å². The predicted molar refractivity (Wildman–Crippen MR) is 70.0 cm³/mol. The van der Waals surface area contributed by atoms with Crippen molar-refractivity contribution in [1.82, 2.24) is 19.9 Å². The molecule has 0 atom stereocenters. The molecule has 0 amide bonds. The van der Waals surface area contributed by atoms with E-state index in [9.17, 15) is 0 Å². The van der Waals surface area contributed by atoms with Crippen LogP contribution in [-0.2, 0) is 13.1 Å².